The number of pyridine rings is 1. The number of carbonyl (C=O) groups is 2. The van der Waals surface area contributed by atoms with Gasteiger partial charge in [0.05, 0.1) is 0 Å². The average molecular weight is 236 g/mol. The lowest BCUT2D eigenvalue weighted by Gasteiger charge is -2.10. The van der Waals surface area contributed by atoms with Crippen molar-refractivity contribution < 1.29 is 14.2 Å². The maximum absolute atomic E-state index is 11.7. The highest BCUT2D eigenvalue weighted by molar-refractivity contribution is 5.93. The molecular formula is C12H18N3O2+. The lowest BCUT2D eigenvalue weighted by atomic mass is 10.2. The van der Waals surface area contributed by atoms with Crippen molar-refractivity contribution in [3.63, 3.8) is 0 Å². The lowest BCUT2D eigenvalue weighted by molar-refractivity contribution is -0.685. The summed E-state index contributed by atoms with van der Waals surface area (Å²) in [7, 11) is 6.81. The molecule has 0 aliphatic rings. The van der Waals surface area contributed by atoms with Gasteiger partial charge in [-0.15, -0.1) is 0 Å². The molecule has 1 aromatic heterocycles. The first-order valence-corrected chi connectivity index (χ1v) is 5.32. The van der Waals surface area contributed by atoms with Gasteiger partial charge in [0.15, 0.2) is 12.4 Å². The van der Waals surface area contributed by atoms with Gasteiger partial charge in [0.25, 0.3) is 11.8 Å². The lowest BCUT2D eigenvalue weighted by Crippen LogP contribution is -2.42. The number of hydrogen-bond donors (Lipinski definition) is 0. The zero-order chi connectivity index (χ0) is 13.0. The molecule has 1 aromatic rings. The van der Waals surface area contributed by atoms with Gasteiger partial charge in [-0.2, -0.15) is 4.57 Å². The van der Waals surface area contributed by atoms with E-state index >= 15 is 0 Å². The van der Waals surface area contributed by atoms with Crippen molar-refractivity contribution in [1.29, 1.82) is 0 Å². The maximum atomic E-state index is 11.7. The fourth-order valence-corrected chi connectivity index (χ4v) is 1.30. The van der Waals surface area contributed by atoms with Crippen molar-refractivity contribution in [3.8, 4) is 0 Å². The Bertz CT molecular complexity index is 428. The third-order valence-corrected chi connectivity index (χ3v) is 2.33. The molecule has 0 aliphatic heterocycles. The number of carbonyl (C=O) groups excluding carboxylic acids is 2. The van der Waals surface area contributed by atoms with E-state index in [9.17, 15) is 9.59 Å². The van der Waals surface area contributed by atoms with Crippen molar-refractivity contribution in [2.75, 3.05) is 28.2 Å². The highest BCUT2D eigenvalue weighted by atomic mass is 16.2. The van der Waals surface area contributed by atoms with Crippen LogP contribution in [0.4, 0.5) is 0 Å². The van der Waals surface area contributed by atoms with Gasteiger partial charge >= 0.3 is 0 Å². The monoisotopic (exact) mass is 236 g/mol. The smallest absolute Gasteiger partial charge is 0.288 e. The van der Waals surface area contributed by atoms with Crippen molar-refractivity contribution >= 4 is 11.8 Å². The molecule has 0 atom stereocenters. The third kappa shape index (κ3) is 3.55. The molecular weight excluding hydrogens is 218 g/mol. The van der Waals surface area contributed by atoms with E-state index in [-0.39, 0.29) is 18.4 Å². The Hall–Kier alpha value is -1.91. The van der Waals surface area contributed by atoms with Crippen LogP contribution in [0.25, 0.3) is 0 Å². The van der Waals surface area contributed by atoms with Crippen LogP contribution in [0, 0.1) is 0 Å². The number of rotatable bonds is 3. The van der Waals surface area contributed by atoms with Gasteiger partial charge in [0.2, 0.25) is 6.54 Å². The Morgan fingerprint density at radius 3 is 2.35 bits per heavy atom. The van der Waals surface area contributed by atoms with Crippen LogP contribution in [0.3, 0.4) is 0 Å². The van der Waals surface area contributed by atoms with Crippen molar-refractivity contribution in [2.45, 2.75) is 6.54 Å². The van der Waals surface area contributed by atoms with Gasteiger partial charge in [-0.1, -0.05) is 0 Å². The van der Waals surface area contributed by atoms with E-state index in [2.05, 4.69) is 0 Å². The van der Waals surface area contributed by atoms with Crippen LogP contribution in [-0.2, 0) is 11.3 Å². The first-order chi connectivity index (χ1) is 7.91. The van der Waals surface area contributed by atoms with E-state index in [0.29, 0.717) is 5.56 Å². The minimum Gasteiger partial charge on any atom is -0.345 e. The molecule has 0 aliphatic carbocycles. The summed E-state index contributed by atoms with van der Waals surface area (Å²) in [5.74, 6) is -0.0823. The molecule has 1 rings (SSSR count). The number of likely N-dealkylation sites (N-methyl/N-ethyl adjacent to an activating group) is 1. The van der Waals surface area contributed by atoms with Crippen molar-refractivity contribution in [3.05, 3.63) is 30.1 Å². The molecule has 2 amide bonds. The average Bonchev–Trinajstić information content (AvgIpc) is 2.28. The summed E-state index contributed by atoms with van der Waals surface area (Å²) in [5.41, 5.74) is 0.573. The standard InChI is InChI=1S/C12H18N3O2/c1-13(2)11(16)9-15-7-5-6-10(8-15)12(17)14(3)4/h5-8H,9H2,1-4H3/q+1. The Morgan fingerprint density at radius 1 is 1.18 bits per heavy atom. The molecule has 5 heteroatoms. The number of amides is 2. The topological polar surface area (TPSA) is 44.5 Å². The fourth-order valence-electron chi connectivity index (χ4n) is 1.30. The molecule has 0 saturated carbocycles. The molecule has 0 saturated heterocycles. The SMILES string of the molecule is CN(C)C(=O)C[n+]1cccc(C(=O)N(C)C)c1. The van der Waals surface area contributed by atoms with Crippen LogP contribution in [-0.4, -0.2) is 49.8 Å². The molecule has 1 heterocycles. The van der Waals surface area contributed by atoms with Gasteiger partial charge in [-0.25, -0.2) is 0 Å². The first kappa shape index (κ1) is 13.2. The maximum Gasteiger partial charge on any atom is 0.288 e. The fraction of sp³-hybridized carbons (Fsp3) is 0.417. The second-order valence-electron chi connectivity index (χ2n) is 4.25. The summed E-state index contributed by atoms with van der Waals surface area (Å²) >= 11 is 0. The van der Waals surface area contributed by atoms with E-state index in [0.717, 1.165) is 0 Å². The largest absolute Gasteiger partial charge is 0.345 e. The van der Waals surface area contributed by atoms with Crippen LogP contribution in [0.5, 0.6) is 0 Å². The summed E-state index contributed by atoms with van der Waals surface area (Å²) in [4.78, 5) is 26.3. The van der Waals surface area contributed by atoms with E-state index < -0.39 is 0 Å². The summed E-state index contributed by atoms with van der Waals surface area (Å²) in [6.07, 6.45) is 3.46. The van der Waals surface area contributed by atoms with Crippen molar-refractivity contribution in [1.82, 2.24) is 9.80 Å². The number of aromatic nitrogens is 1. The Morgan fingerprint density at radius 2 is 1.82 bits per heavy atom. The summed E-state index contributed by atoms with van der Waals surface area (Å²) in [5, 5.41) is 0. The minimum absolute atomic E-state index is 0.00977. The summed E-state index contributed by atoms with van der Waals surface area (Å²) in [6, 6.07) is 3.50. The number of nitrogens with zero attached hydrogens (tertiary/aromatic N) is 3. The molecule has 0 radical (unpaired) electrons. The second-order valence-corrected chi connectivity index (χ2v) is 4.25. The van der Waals surface area contributed by atoms with Crippen LogP contribution in [0.15, 0.2) is 24.5 Å². The molecule has 0 fully saturated rings. The minimum atomic E-state index is -0.0725. The van der Waals surface area contributed by atoms with Gasteiger partial charge in [0.1, 0.15) is 5.56 Å². The molecule has 0 bridgehead atoms. The van der Waals surface area contributed by atoms with Crippen LogP contribution in [0.1, 0.15) is 10.4 Å². The van der Waals surface area contributed by atoms with Gasteiger partial charge < -0.3 is 9.80 Å². The first-order valence-electron chi connectivity index (χ1n) is 5.32. The second kappa shape index (κ2) is 5.43. The van der Waals surface area contributed by atoms with Crippen LogP contribution < -0.4 is 4.57 Å². The predicted octanol–water partition coefficient (Wildman–Crippen LogP) is -0.236. The van der Waals surface area contributed by atoms with Gasteiger partial charge in [-0.3, -0.25) is 9.59 Å². The zero-order valence-electron chi connectivity index (χ0n) is 10.7. The summed E-state index contributed by atoms with van der Waals surface area (Å²) in [6.45, 7) is 0.238. The molecule has 92 valence electrons. The molecule has 0 N–H and O–H groups in total. The van der Waals surface area contributed by atoms with E-state index in [1.807, 2.05) is 0 Å². The van der Waals surface area contributed by atoms with E-state index in [4.69, 9.17) is 0 Å². The highest BCUT2D eigenvalue weighted by Crippen LogP contribution is 1.98. The third-order valence-electron chi connectivity index (χ3n) is 2.33. The Labute approximate surface area is 101 Å². The quantitative estimate of drug-likeness (QED) is 0.680. The highest BCUT2D eigenvalue weighted by Gasteiger charge is 2.15. The van der Waals surface area contributed by atoms with Gasteiger partial charge in [0, 0.05) is 34.3 Å². The molecule has 0 spiro atoms. The molecule has 0 unspecified atom stereocenters. The zero-order valence-corrected chi connectivity index (χ0v) is 10.7. The number of hydrogen-bond acceptors (Lipinski definition) is 2. The molecule has 5 nitrogen and oxygen atoms in total. The van der Waals surface area contributed by atoms with Crippen LogP contribution >= 0.6 is 0 Å². The van der Waals surface area contributed by atoms with Crippen LogP contribution in [0.2, 0.25) is 0 Å². The molecule has 0 aromatic carbocycles. The Balaban J connectivity index is 2.86. The van der Waals surface area contributed by atoms with E-state index in [1.165, 1.54) is 9.80 Å². The predicted molar refractivity (Wildman–Crippen MR) is 63.3 cm³/mol. The van der Waals surface area contributed by atoms with Crippen molar-refractivity contribution in [2.24, 2.45) is 0 Å². The van der Waals surface area contributed by atoms with Gasteiger partial charge in [-0.05, 0) is 6.07 Å². The molecule has 17 heavy (non-hydrogen) atoms. The van der Waals surface area contributed by atoms with E-state index in [1.54, 1.807) is 57.3 Å². The Kier molecular flexibility index (Phi) is 4.20. The normalized spacial score (nSPS) is 9.88. The summed E-state index contributed by atoms with van der Waals surface area (Å²) < 4.78 is 1.71.